The molecule has 0 aliphatic carbocycles. The highest BCUT2D eigenvalue weighted by Gasteiger charge is 2.91. The smallest absolute Gasteiger partial charge is 0.412 e. The Hall–Kier alpha value is -2.37. The fourth-order valence-electron chi connectivity index (χ4n) is 2.01. The van der Waals surface area contributed by atoms with Crippen LogP contribution in [0.3, 0.4) is 0 Å². The molecule has 0 aliphatic rings. The molecule has 0 fully saturated rings. The Labute approximate surface area is 171 Å². The van der Waals surface area contributed by atoms with Crippen molar-refractivity contribution >= 4 is 32.6 Å². The average Bonchev–Trinajstić information content (AvgIpc) is 3.02. The first-order chi connectivity index (χ1) is 13.7. The summed E-state index contributed by atoms with van der Waals surface area (Å²) in [5, 5.41) is 0.0156. The maximum absolute atomic E-state index is 13.7. The van der Waals surface area contributed by atoms with Gasteiger partial charge in [-0.05, 0) is 12.1 Å². The highest BCUT2D eigenvalue weighted by molar-refractivity contribution is 7.22. The van der Waals surface area contributed by atoms with Crippen LogP contribution in [-0.2, 0) is 4.79 Å². The van der Waals surface area contributed by atoms with Crippen LogP contribution in [0.4, 0.5) is 62.2 Å². The van der Waals surface area contributed by atoms with E-state index in [0.717, 1.165) is 5.32 Å². The number of benzene rings is 1. The predicted molar refractivity (Wildman–Crippen MR) is 82.7 cm³/mol. The summed E-state index contributed by atoms with van der Waals surface area (Å²) < 4.78 is 169. The SMILES string of the molecule is O.O=C(Nc1nc2ccccc2s1)C(F)(F)C(F)(F)C(F)(F)C(F)(F)C(F)(F)C(F)(F)F. The van der Waals surface area contributed by atoms with E-state index in [1.165, 1.54) is 24.3 Å². The lowest BCUT2D eigenvalue weighted by Crippen LogP contribution is -2.71. The van der Waals surface area contributed by atoms with Crippen LogP contribution in [0.1, 0.15) is 0 Å². The van der Waals surface area contributed by atoms with E-state index in [1.54, 1.807) is 0 Å². The van der Waals surface area contributed by atoms with Crippen molar-refractivity contribution in [3.8, 4) is 0 Å². The third kappa shape index (κ3) is 3.82. The van der Waals surface area contributed by atoms with Gasteiger partial charge in [-0.2, -0.15) is 57.1 Å². The Kier molecular flexibility index (Phi) is 6.82. The molecule has 1 aromatic heterocycles. The molecule has 1 amide bonds. The van der Waals surface area contributed by atoms with Crippen molar-refractivity contribution in [3.63, 3.8) is 0 Å². The molecule has 0 saturated carbocycles. The number of hydrogen-bond donors (Lipinski definition) is 1. The second-order valence-electron chi connectivity index (χ2n) is 5.81. The largest absolute Gasteiger partial charge is 0.460 e. The number of carbonyl (C=O) groups excluding carboxylic acids is 1. The summed E-state index contributed by atoms with van der Waals surface area (Å²) in [6.07, 6.45) is -7.52. The number of rotatable bonds is 6. The van der Waals surface area contributed by atoms with Gasteiger partial charge in [-0.15, -0.1) is 0 Å². The zero-order chi connectivity index (χ0) is 24.3. The van der Waals surface area contributed by atoms with E-state index in [9.17, 15) is 61.9 Å². The molecule has 4 nitrogen and oxygen atoms in total. The number of hydrogen-bond acceptors (Lipinski definition) is 3. The van der Waals surface area contributed by atoms with Gasteiger partial charge in [0.2, 0.25) is 0 Å². The monoisotopic (exact) mass is 514 g/mol. The van der Waals surface area contributed by atoms with Gasteiger partial charge >= 0.3 is 41.7 Å². The van der Waals surface area contributed by atoms with Crippen LogP contribution in [0.2, 0.25) is 0 Å². The normalized spacial score (nSPS) is 14.3. The number of amides is 1. The Bertz CT molecular complexity index is 953. The van der Waals surface area contributed by atoms with Gasteiger partial charge in [0.15, 0.2) is 5.13 Å². The van der Waals surface area contributed by atoms with Crippen LogP contribution in [0, 0.1) is 0 Å². The number of anilines is 1. The predicted octanol–water partition coefficient (Wildman–Crippen LogP) is 5.15. The summed E-state index contributed by atoms with van der Waals surface area (Å²) >= 11 is 0.347. The minimum atomic E-state index is -8.07. The zero-order valence-electron chi connectivity index (χ0n) is 14.5. The molecular formula is C14H7F13N2O2S. The number of fused-ring (bicyclic) bond motifs is 1. The van der Waals surface area contributed by atoms with Crippen LogP contribution >= 0.6 is 11.3 Å². The number of alkyl halides is 13. The minimum Gasteiger partial charge on any atom is -0.412 e. The van der Waals surface area contributed by atoms with Crippen molar-refractivity contribution in [1.29, 1.82) is 0 Å². The molecule has 0 aliphatic heterocycles. The Morgan fingerprint density at radius 3 is 1.69 bits per heavy atom. The van der Waals surface area contributed by atoms with E-state index in [0.29, 0.717) is 11.3 Å². The highest BCUT2D eigenvalue weighted by atomic mass is 32.1. The molecule has 3 N–H and O–H groups in total. The molecule has 0 saturated heterocycles. The maximum Gasteiger partial charge on any atom is 0.460 e. The lowest BCUT2D eigenvalue weighted by atomic mass is 9.93. The number of thiazole rings is 1. The number of nitrogens with one attached hydrogen (secondary N) is 1. The molecule has 0 radical (unpaired) electrons. The van der Waals surface area contributed by atoms with E-state index in [-0.39, 0.29) is 15.7 Å². The van der Waals surface area contributed by atoms with Crippen LogP contribution in [-0.4, -0.2) is 52.2 Å². The van der Waals surface area contributed by atoms with E-state index >= 15 is 0 Å². The number of carbonyl (C=O) groups is 1. The van der Waals surface area contributed by atoms with E-state index in [2.05, 4.69) is 4.98 Å². The van der Waals surface area contributed by atoms with Gasteiger partial charge in [0.05, 0.1) is 10.2 Å². The lowest BCUT2D eigenvalue weighted by molar-refractivity contribution is -0.435. The summed E-state index contributed by atoms with van der Waals surface area (Å²) in [6.45, 7) is 0. The van der Waals surface area contributed by atoms with Crippen LogP contribution in [0.15, 0.2) is 24.3 Å². The first-order valence-corrected chi connectivity index (χ1v) is 8.16. The van der Waals surface area contributed by atoms with Crippen molar-refractivity contribution in [2.24, 2.45) is 0 Å². The Balaban J connectivity index is 0.00000512. The topological polar surface area (TPSA) is 73.5 Å². The van der Waals surface area contributed by atoms with E-state index in [4.69, 9.17) is 0 Å². The highest BCUT2D eigenvalue weighted by Crippen LogP contribution is 2.60. The fraction of sp³-hybridized carbons (Fsp3) is 0.429. The van der Waals surface area contributed by atoms with Gasteiger partial charge in [0.1, 0.15) is 0 Å². The number of halogens is 13. The molecule has 2 rings (SSSR count). The fourth-order valence-corrected chi connectivity index (χ4v) is 2.87. The quantitative estimate of drug-likeness (QED) is 0.542. The van der Waals surface area contributed by atoms with Gasteiger partial charge in [-0.25, -0.2) is 4.98 Å². The molecule has 0 atom stereocenters. The van der Waals surface area contributed by atoms with Crippen molar-refractivity contribution < 1.29 is 67.3 Å². The van der Waals surface area contributed by atoms with Crippen molar-refractivity contribution in [3.05, 3.63) is 24.3 Å². The molecule has 182 valence electrons. The van der Waals surface area contributed by atoms with Gasteiger partial charge < -0.3 is 5.48 Å². The van der Waals surface area contributed by atoms with E-state index < -0.39 is 46.8 Å². The number of para-hydroxylation sites is 1. The summed E-state index contributed by atoms with van der Waals surface area (Å²) in [6, 6.07) is 5.28. The van der Waals surface area contributed by atoms with Gasteiger partial charge in [-0.3, -0.25) is 10.1 Å². The number of nitrogens with zero attached hydrogens (tertiary/aromatic N) is 1. The third-order valence-corrected chi connectivity index (χ3v) is 4.68. The summed E-state index contributed by atoms with van der Waals surface area (Å²) in [5.41, 5.74) is -0.000408. The first kappa shape index (κ1) is 27.7. The van der Waals surface area contributed by atoms with Crippen molar-refractivity contribution in [2.75, 3.05) is 5.32 Å². The summed E-state index contributed by atoms with van der Waals surface area (Å²) in [4.78, 5) is 14.9. The minimum absolute atomic E-state index is 0. The zero-order valence-corrected chi connectivity index (χ0v) is 15.3. The van der Waals surface area contributed by atoms with Gasteiger partial charge in [-0.1, -0.05) is 23.5 Å². The second-order valence-corrected chi connectivity index (χ2v) is 6.84. The molecule has 1 heterocycles. The molecule has 32 heavy (non-hydrogen) atoms. The summed E-state index contributed by atoms with van der Waals surface area (Å²) in [7, 11) is 0. The maximum atomic E-state index is 13.7. The first-order valence-electron chi connectivity index (χ1n) is 7.34. The molecular weight excluding hydrogens is 507 g/mol. The van der Waals surface area contributed by atoms with Crippen LogP contribution in [0.5, 0.6) is 0 Å². The molecule has 18 heteroatoms. The summed E-state index contributed by atoms with van der Waals surface area (Å²) in [5.74, 6) is -41.9. The van der Waals surface area contributed by atoms with Gasteiger partial charge in [0, 0.05) is 0 Å². The number of aromatic nitrogens is 1. The lowest BCUT2D eigenvalue weighted by Gasteiger charge is -2.39. The standard InChI is InChI=1S/C14H5F13N2OS.H2O/c15-9(16,7(30)29-8-28-5-3-1-2-4-6(5)31-8)10(17,18)11(19,20)12(21,22)13(23,24)14(25,26)27;/h1-4H,(H,28,29,30);1H2. The van der Waals surface area contributed by atoms with Crippen LogP contribution in [0.25, 0.3) is 10.2 Å². The van der Waals surface area contributed by atoms with E-state index in [1.807, 2.05) is 0 Å². The molecule has 2 aromatic rings. The van der Waals surface area contributed by atoms with Crippen molar-refractivity contribution in [2.45, 2.75) is 35.8 Å². The average molecular weight is 514 g/mol. The van der Waals surface area contributed by atoms with Crippen molar-refractivity contribution in [1.82, 2.24) is 4.98 Å². The molecule has 0 bridgehead atoms. The second kappa shape index (κ2) is 7.89. The Morgan fingerprint density at radius 2 is 1.22 bits per heavy atom. The third-order valence-electron chi connectivity index (χ3n) is 3.73. The van der Waals surface area contributed by atoms with Gasteiger partial charge in [0.25, 0.3) is 0 Å². The van der Waals surface area contributed by atoms with Crippen LogP contribution < -0.4 is 5.32 Å². The molecule has 1 aromatic carbocycles. The molecule has 0 unspecified atom stereocenters. The molecule has 0 spiro atoms. The Morgan fingerprint density at radius 1 is 0.750 bits per heavy atom.